The number of nitrogens with one attached hydrogen (secondary N) is 2. The molecule has 2 amide bonds. The van der Waals surface area contributed by atoms with E-state index in [1.165, 1.54) is 0 Å². The Morgan fingerprint density at radius 3 is 2.47 bits per heavy atom. The molecule has 1 aliphatic heterocycles. The highest BCUT2D eigenvalue weighted by atomic mass is 35.5. The summed E-state index contributed by atoms with van der Waals surface area (Å²) in [6.45, 7) is 0. The van der Waals surface area contributed by atoms with Gasteiger partial charge in [0.2, 0.25) is 0 Å². The zero-order chi connectivity index (χ0) is 10.8. The zero-order valence-corrected chi connectivity index (χ0v) is 9.06. The fourth-order valence-electron chi connectivity index (χ4n) is 1.15. The molecule has 1 aromatic rings. The number of benzene rings is 1. The maximum absolute atomic E-state index is 11.2. The summed E-state index contributed by atoms with van der Waals surface area (Å²) < 4.78 is 0. The van der Waals surface area contributed by atoms with Crippen LogP contribution in [0.2, 0.25) is 5.02 Å². The number of amides is 2. The topological polar surface area (TPSA) is 58.2 Å². The quantitative estimate of drug-likeness (QED) is 0.834. The summed E-state index contributed by atoms with van der Waals surface area (Å²) in [5.41, 5.74) is 0.752. The first-order chi connectivity index (χ1) is 7.15. The molecule has 6 heteroatoms. The Bertz CT molecular complexity index is 407. The molecule has 2 N–H and O–H groups in total. The van der Waals surface area contributed by atoms with Crippen LogP contribution in [-0.2, 0) is 4.79 Å². The summed E-state index contributed by atoms with van der Waals surface area (Å²) >= 11 is 6.64. The molecule has 15 heavy (non-hydrogen) atoms. The summed E-state index contributed by atoms with van der Waals surface area (Å²) in [5.74, 6) is -0.319. The van der Waals surface area contributed by atoms with E-state index < -0.39 is 5.37 Å². The second kappa shape index (κ2) is 4.12. The lowest BCUT2D eigenvalue weighted by Crippen LogP contribution is -2.29. The fraction of sp³-hybridized carbons (Fsp3) is 0.111. The average molecular weight is 243 g/mol. The van der Waals surface area contributed by atoms with E-state index in [-0.39, 0.29) is 11.1 Å². The number of hydrogen-bond acceptors (Lipinski definition) is 4. The Balaban J connectivity index is 2.06. The molecule has 0 aromatic heterocycles. The SMILES string of the molecule is O=C1NC(=O)[C@@H](Nc2ccc(Cl)cc2)S1. The highest BCUT2D eigenvalue weighted by molar-refractivity contribution is 8.15. The van der Waals surface area contributed by atoms with Gasteiger partial charge in [0.05, 0.1) is 0 Å². The number of hydrogen-bond donors (Lipinski definition) is 2. The van der Waals surface area contributed by atoms with E-state index >= 15 is 0 Å². The van der Waals surface area contributed by atoms with Gasteiger partial charge in [-0.15, -0.1) is 0 Å². The van der Waals surface area contributed by atoms with Crippen molar-refractivity contribution in [1.29, 1.82) is 0 Å². The summed E-state index contributed by atoms with van der Waals surface area (Å²) in [6, 6.07) is 6.92. The normalized spacial score (nSPS) is 20.2. The number of carbonyl (C=O) groups excluding carboxylic acids is 2. The Labute approximate surface area is 95.4 Å². The molecule has 2 rings (SSSR count). The van der Waals surface area contributed by atoms with Crippen LogP contribution in [0.25, 0.3) is 0 Å². The van der Waals surface area contributed by atoms with Crippen molar-refractivity contribution in [1.82, 2.24) is 5.32 Å². The first kappa shape index (κ1) is 10.3. The summed E-state index contributed by atoms with van der Waals surface area (Å²) in [5, 5.41) is 4.86. The molecule has 78 valence electrons. The summed E-state index contributed by atoms with van der Waals surface area (Å²) in [7, 11) is 0. The van der Waals surface area contributed by atoms with Crippen molar-refractivity contribution in [3.05, 3.63) is 29.3 Å². The van der Waals surface area contributed by atoms with Gasteiger partial charge < -0.3 is 5.32 Å². The lowest BCUT2D eigenvalue weighted by Gasteiger charge is -2.09. The lowest BCUT2D eigenvalue weighted by molar-refractivity contribution is -0.118. The molecule has 0 unspecified atom stereocenters. The maximum atomic E-state index is 11.2. The largest absolute Gasteiger partial charge is 0.365 e. The predicted molar refractivity (Wildman–Crippen MR) is 60.0 cm³/mol. The molecule has 1 aromatic carbocycles. The van der Waals surface area contributed by atoms with Gasteiger partial charge >= 0.3 is 0 Å². The highest BCUT2D eigenvalue weighted by Crippen LogP contribution is 2.22. The number of rotatable bonds is 2. The van der Waals surface area contributed by atoms with Crippen LogP contribution in [0.4, 0.5) is 10.5 Å². The molecule has 1 fully saturated rings. The van der Waals surface area contributed by atoms with Crippen molar-refractivity contribution in [2.45, 2.75) is 5.37 Å². The van der Waals surface area contributed by atoms with Crippen LogP contribution in [0.3, 0.4) is 0 Å². The van der Waals surface area contributed by atoms with Crippen LogP contribution in [0.5, 0.6) is 0 Å². The third-order valence-electron chi connectivity index (χ3n) is 1.83. The van der Waals surface area contributed by atoms with Gasteiger partial charge in [0.25, 0.3) is 11.1 Å². The first-order valence-corrected chi connectivity index (χ1v) is 5.44. The average Bonchev–Trinajstić information content (AvgIpc) is 2.49. The van der Waals surface area contributed by atoms with E-state index in [1.54, 1.807) is 24.3 Å². The maximum Gasteiger partial charge on any atom is 0.288 e. The minimum atomic E-state index is -0.557. The minimum absolute atomic E-state index is 0.319. The second-order valence-corrected chi connectivity index (χ2v) is 4.44. The second-order valence-electron chi connectivity index (χ2n) is 2.93. The van der Waals surface area contributed by atoms with E-state index in [2.05, 4.69) is 10.6 Å². The van der Waals surface area contributed by atoms with Crippen molar-refractivity contribution < 1.29 is 9.59 Å². The van der Waals surface area contributed by atoms with Gasteiger partial charge in [-0.2, -0.15) is 0 Å². The van der Waals surface area contributed by atoms with Gasteiger partial charge in [0.15, 0.2) is 5.37 Å². The van der Waals surface area contributed by atoms with E-state index in [0.29, 0.717) is 5.02 Å². The van der Waals surface area contributed by atoms with E-state index in [0.717, 1.165) is 17.4 Å². The first-order valence-electron chi connectivity index (χ1n) is 4.19. The van der Waals surface area contributed by atoms with E-state index in [9.17, 15) is 9.59 Å². The smallest absolute Gasteiger partial charge is 0.288 e. The van der Waals surface area contributed by atoms with Crippen LogP contribution in [0, 0.1) is 0 Å². The number of imide groups is 1. The Hall–Kier alpha value is -1.20. The molecule has 1 heterocycles. The molecule has 4 nitrogen and oxygen atoms in total. The number of carbonyl (C=O) groups is 2. The highest BCUT2D eigenvalue weighted by Gasteiger charge is 2.31. The van der Waals surface area contributed by atoms with Gasteiger partial charge in [0.1, 0.15) is 0 Å². The molecule has 1 aliphatic rings. The Morgan fingerprint density at radius 1 is 1.27 bits per heavy atom. The monoisotopic (exact) mass is 242 g/mol. The summed E-state index contributed by atoms with van der Waals surface area (Å²) in [4.78, 5) is 22.1. The van der Waals surface area contributed by atoms with Crippen molar-refractivity contribution in [2.75, 3.05) is 5.32 Å². The van der Waals surface area contributed by atoms with Crippen LogP contribution >= 0.6 is 23.4 Å². The zero-order valence-electron chi connectivity index (χ0n) is 7.49. The van der Waals surface area contributed by atoms with Crippen molar-refractivity contribution in [2.24, 2.45) is 0 Å². The molecule has 1 saturated heterocycles. The van der Waals surface area contributed by atoms with Gasteiger partial charge in [-0.3, -0.25) is 14.9 Å². The molecule has 0 saturated carbocycles. The molecule has 0 aliphatic carbocycles. The van der Waals surface area contributed by atoms with Crippen LogP contribution in [-0.4, -0.2) is 16.5 Å². The van der Waals surface area contributed by atoms with Crippen LogP contribution in [0.15, 0.2) is 24.3 Å². The molecular formula is C9H7ClN2O2S. The van der Waals surface area contributed by atoms with Crippen LogP contribution < -0.4 is 10.6 Å². The van der Waals surface area contributed by atoms with Crippen molar-refractivity contribution in [3.8, 4) is 0 Å². The summed E-state index contributed by atoms with van der Waals surface area (Å²) in [6.07, 6.45) is 0. The molecule has 0 radical (unpaired) electrons. The van der Waals surface area contributed by atoms with Crippen molar-refractivity contribution >= 4 is 40.2 Å². The van der Waals surface area contributed by atoms with E-state index in [1.807, 2.05) is 0 Å². The standard InChI is InChI=1S/C9H7ClN2O2S/c10-5-1-3-6(4-2-5)11-8-7(13)12-9(14)15-8/h1-4,8,11H,(H,12,13,14)/t8-/m0/s1. The molecule has 0 bridgehead atoms. The third-order valence-corrected chi connectivity index (χ3v) is 2.97. The predicted octanol–water partition coefficient (Wildman–Crippen LogP) is 2.06. The lowest BCUT2D eigenvalue weighted by atomic mass is 10.3. The van der Waals surface area contributed by atoms with Crippen molar-refractivity contribution in [3.63, 3.8) is 0 Å². The molecular weight excluding hydrogens is 236 g/mol. The van der Waals surface area contributed by atoms with Crippen LogP contribution in [0.1, 0.15) is 0 Å². The number of halogens is 1. The minimum Gasteiger partial charge on any atom is -0.365 e. The van der Waals surface area contributed by atoms with Gasteiger partial charge in [-0.25, -0.2) is 0 Å². The Kier molecular flexibility index (Phi) is 2.83. The third kappa shape index (κ3) is 2.43. The number of thioether (sulfide) groups is 1. The Morgan fingerprint density at radius 2 is 1.93 bits per heavy atom. The van der Waals surface area contributed by atoms with Gasteiger partial charge in [-0.05, 0) is 36.0 Å². The number of anilines is 1. The molecule has 0 spiro atoms. The van der Waals surface area contributed by atoms with Gasteiger partial charge in [0, 0.05) is 10.7 Å². The fourth-order valence-corrected chi connectivity index (χ4v) is 2.01. The van der Waals surface area contributed by atoms with Gasteiger partial charge in [-0.1, -0.05) is 11.6 Å². The van der Waals surface area contributed by atoms with E-state index in [4.69, 9.17) is 11.6 Å². The molecule has 1 atom stereocenters.